The first-order chi connectivity index (χ1) is 8.56. The molecule has 3 rings (SSSR count). The van der Waals surface area contributed by atoms with Crippen LogP contribution in [-0.2, 0) is 11.3 Å². The van der Waals surface area contributed by atoms with Crippen LogP contribution in [0.15, 0.2) is 15.3 Å². The lowest BCUT2D eigenvalue weighted by Crippen LogP contribution is -2.30. The lowest BCUT2D eigenvalue weighted by atomic mass is 10.2. The predicted molar refractivity (Wildman–Crippen MR) is 64.2 cm³/mol. The van der Waals surface area contributed by atoms with Gasteiger partial charge < -0.3 is 10.2 Å². The van der Waals surface area contributed by atoms with Crippen LogP contribution in [0.4, 0.5) is 0 Å². The molecule has 18 heavy (non-hydrogen) atoms. The molecular weight excluding hydrogens is 234 g/mol. The van der Waals surface area contributed by atoms with Crippen molar-refractivity contribution in [2.24, 2.45) is 5.73 Å². The lowest BCUT2D eigenvalue weighted by molar-refractivity contribution is -0.118. The summed E-state index contributed by atoms with van der Waals surface area (Å²) < 4.78 is 6.76. The normalized spacial score (nSPS) is 15.2. The number of nitrogens with two attached hydrogens (primary N) is 1. The highest BCUT2D eigenvalue weighted by Gasteiger charge is 2.28. The van der Waals surface area contributed by atoms with Crippen molar-refractivity contribution in [2.75, 3.05) is 0 Å². The Kier molecular flexibility index (Phi) is 2.26. The Morgan fingerprint density at radius 2 is 2.33 bits per heavy atom. The third-order valence-electron chi connectivity index (χ3n) is 3.10. The van der Waals surface area contributed by atoms with E-state index in [0.29, 0.717) is 22.6 Å². The molecular formula is C12H13N3O3. The topological polar surface area (TPSA) is 91.1 Å². The van der Waals surface area contributed by atoms with Crippen molar-refractivity contribution >= 4 is 16.9 Å². The highest BCUT2D eigenvalue weighted by atomic mass is 16.3. The maximum atomic E-state index is 12.1. The fourth-order valence-corrected chi connectivity index (χ4v) is 2.07. The molecule has 2 N–H and O–H groups in total. The molecule has 0 radical (unpaired) electrons. The zero-order valence-electron chi connectivity index (χ0n) is 9.97. The van der Waals surface area contributed by atoms with Gasteiger partial charge in [0.2, 0.25) is 5.91 Å². The second kappa shape index (κ2) is 3.69. The number of fused-ring (bicyclic) bond motifs is 1. The minimum absolute atomic E-state index is 0.209. The Bertz CT molecular complexity index is 694. The number of amides is 1. The quantitative estimate of drug-likeness (QED) is 0.862. The Morgan fingerprint density at radius 3 is 2.94 bits per heavy atom. The van der Waals surface area contributed by atoms with Crippen LogP contribution in [0.2, 0.25) is 0 Å². The highest BCUT2D eigenvalue weighted by Crippen LogP contribution is 2.41. The molecule has 0 unspecified atom stereocenters. The molecule has 0 atom stereocenters. The van der Waals surface area contributed by atoms with Gasteiger partial charge in [0.15, 0.2) is 5.58 Å². The first-order valence-electron chi connectivity index (χ1n) is 5.85. The van der Waals surface area contributed by atoms with Gasteiger partial charge in [-0.05, 0) is 25.8 Å². The van der Waals surface area contributed by atoms with E-state index >= 15 is 0 Å². The molecule has 1 fully saturated rings. The molecule has 1 aliphatic carbocycles. The van der Waals surface area contributed by atoms with Gasteiger partial charge in [-0.25, -0.2) is 4.68 Å². The number of aryl methyl sites for hydroxylation is 1. The minimum atomic E-state index is -0.589. The van der Waals surface area contributed by atoms with Crippen LogP contribution >= 0.6 is 0 Å². The van der Waals surface area contributed by atoms with Gasteiger partial charge in [-0.2, -0.15) is 5.10 Å². The second-order valence-corrected chi connectivity index (χ2v) is 4.68. The number of hydrogen-bond donors (Lipinski definition) is 1. The van der Waals surface area contributed by atoms with Gasteiger partial charge in [-0.3, -0.25) is 9.59 Å². The van der Waals surface area contributed by atoms with E-state index in [1.54, 1.807) is 13.0 Å². The van der Waals surface area contributed by atoms with E-state index in [-0.39, 0.29) is 12.1 Å². The van der Waals surface area contributed by atoms with E-state index in [4.69, 9.17) is 10.2 Å². The predicted octanol–water partition coefficient (Wildman–Crippen LogP) is 0.661. The summed E-state index contributed by atoms with van der Waals surface area (Å²) in [6, 6.07) is 1.77. The van der Waals surface area contributed by atoms with Crippen molar-refractivity contribution in [3.63, 3.8) is 0 Å². The Labute approximate surface area is 102 Å². The Balaban J connectivity index is 2.20. The molecule has 94 valence electrons. The monoisotopic (exact) mass is 247 g/mol. The number of primary amides is 1. The average Bonchev–Trinajstić information content (AvgIpc) is 3.04. The van der Waals surface area contributed by atoms with Crippen molar-refractivity contribution in [2.45, 2.75) is 32.2 Å². The number of rotatable bonds is 3. The lowest BCUT2D eigenvalue weighted by Gasteiger charge is -2.02. The molecule has 1 aliphatic rings. The van der Waals surface area contributed by atoms with Crippen molar-refractivity contribution < 1.29 is 9.21 Å². The number of carbonyl (C=O) groups excluding carboxylic acids is 1. The molecule has 1 saturated carbocycles. The van der Waals surface area contributed by atoms with Crippen molar-refractivity contribution in [3.8, 4) is 0 Å². The maximum Gasteiger partial charge on any atom is 0.278 e. The van der Waals surface area contributed by atoms with E-state index in [0.717, 1.165) is 23.3 Å². The Morgan fingerprint density at radius 1 is 1.61 bits per heavy atom. The van der Waals surface area contributed by atoms with Crippen LogP contribution in [-0.4, -0.2) is 15.7 Å². The van der Waals surface area contributed by atoms with Gasteiger partial charge >= 0.3 is 0 Å². The highest BCUT2D eigenvalue weighted by molar-refractivity contribution is 5.79. The van der Waals surface area contributed by atoms with Gasteiger partial charge in [0.25, 0.3) is 5.56 Å². The van der Waals surface area contributed by atoms with E-state index in [1.165, 1.54) is 0 Å². The summed E-state index contributed by atoms with van der Waals surface area (Å²) in [7, 11) is 0. The summed E-state index contributed by atoms with van der Waals surface area (Å²) in [5.74, 6) is 0.680. The molecule has 0 aliphatic heterocycles. The molecule has 0 saturated heterocycles. The molecule has 6 nitrogen and oxygen atoms in total. The fraction of sp³-hybridized carbons (Fsp3) is 0.417. The summed E-state index contributed by atoms with van der Waals surface area (Å²) in [4.78, 5) is 23.0. The van der Waals surface area contributed by atoms with Crippen LogP contribution in [0.3, 0.4) is 0 Å². The fourth-order valence-electron chi connectivity index (χ4n) is 2.07. The minimum Gasteiger partial charge on any atom is -0.459 e. The number of nitrogens with zero attached hydrogens (tertiary/aromatic N) is 2. The standard InChI is InChI=1S/C12H13N3O3/c1-6-11-8(4-9(18-11)7-2-3-7)12(17)15(14-6)5-10(13)16/h4,7H,2-3,5H2,1H3,(H2,13,16). The van der Waals surface area contributed by atoms with E-state index in [9.17, 15) is 9.59 Å². The third-order valence-corrected chi connectivity index (χ3v) is 3.10. The number of aromatic nitrogens is 2. The number of hydrogen-bond acceptors (Lipinski definition) is 4. The molecule has 6 heteroatoms. The maximum absolute atomic E-state index is 12.1. The van der Waals surface area contributed by atoms with Crippen molar-refractivity contribution in [3.05, 3.63) is 27.9 Å². The van der Waals surface area contributed by atoms with Gasteiger partial charge in [0.05, 0.1) is 5.39 Å². The summed E-state index contributed by atoms with van der Waals surface area (Å²) in [6.07, 6.45) is 2.20. The largest absolute Gasteiger partial charge is 0.459 e. The summed E-state index contributed by atoms with van der Waals surface area (Å²) >= 11 is 0. The molecule has 0 bridgehead atoms. The van der Waals surface area contributed by atoms with Gasteiger partial charge in [0, 0.05) is 5.92 Å². The molecule has 2 aromatic heterocycles. The van der Waals surface area contributed by atoms with E-state index in [1.807, 2.05) is 0 Å². The van der Waals surface area contributed by atoms with Gasteiger partial charge in [-0.1, -0.05) is 0 Å². The van der Waals surface area contributed by atoms with Crippen molar-refractivity contribution in [1.82, 2.24) is 9.78 Å². The van der Waals surface area contributed by atoms with Crippen LogP contribution in [0, 0.1) is 6.92 Å². The molecule has 1 amide bonds. The van der Waals surface area contributed by atoms with Crippen molar-refractivity contribution in [1.29, 1.82) is 0 Å². The average molecular weight is 247 g/mol. The van der Waals surface area contributed by atoms with Crippen LogP contribution in [0.25, 0.3) is 11.0 Å². The molecule has 2 heterocycles. The van der Waals surface area contributed by atoms with Gasteiger partial charge in [0.1, 0.15) is 18.0 Å². The van der Waals surface area contributed by atoms with Crippen LogP contribution in [0.1, 0.15) is 30.2 Å². The van der Waals surface area contributed by atoms with Crippen LogP contribution < -0.4 is 11.3 Å². The number of furan rings is 1. The number of carbonyl (C=O) groups is 1. The molecule has 0 spiro atoms. The molecule has 0 aromatic carbocycles. The second-order valence-electron chi connectivity index (χ2n) is 4.68. The van der Waals surface area contributed by atoms with E-state index < -0.39 is 5.91 Å². The third kappa shape index (κ3) is 1.70. The zero-order valence-corrected chi connectivity index (χ0v) is 9.97. The first kappa shape index (κ1) is 11.0. The summed E-state index contributed by atoms with van der Waals surface area (Å²) in [5, 5.41) is 4.52. The molecule has 2 aromatic rings. The van der Waals surface area contributed by atoms with Gasteiger partial charge in [-0.15, -0.1) is 0 Å². The Hall–Kier alpha value is -2.11. The van der Waals surface area contributed by atoms with E-state index in [2.05, 4.69) is 5.10 Å². The van der Waals surface area contributed by atoms with Crippen LogP contribution in [0.5, 0.6) is 0 Å². The first-order valence-corrected chi connectivity index (χ1v) is 5.85. The SMILES string of the molecule is Cc1nn(CC(N)=O)c(=O)c2cc(C3CC3)oc12. The summed E-state index contributed by atoms with van der Waals surface area (Å²) in [5.41, 5.74) is 5.87. The smallest absolute Gasteiger partial charge is 0.278 e. The summed E-state index contributed by atoms with van der Waals surface area (Å²) in [6.45, 7) is 1.54. The zero-order chi connectivity index (χ0) is 12.9.